The molecule has 1 aliphatic heterocycles. The fourth-order valence-corrected chi connectivity index (χ4v) is 6.16. The molecule has 1 N–H and O–H groups in total. The van der Waals surface area contributed by atoms with Gasteiger partial charge in [0.15, 0.2) is 0 Å². The average molecular weight is 389 g/mol. The number of benzene rings is 1. The van der Waals surface area contributed by atoms with Crippen LogP contribution in [0, 0.1) is 11.8 Å². The van der Waals surface area contributed by atoms with Crippen molar-refractivity contribution in [2.45, 2.75) is 44.9 Å². The van der Waals surface area contributed by atoms with Crippen LogP contribution in [0.5, 0.6) is 0 Å². The predicted molar refractivity (Wildman–Crippen MR) is 100 cm³/mol. The quantitative estimate of drug-likeness (QED) is 0.778. The van der Waals surface area contributed by atoms with Gasteiger partial charge in [0.2, 0.25) is 20.0 Å². The Morgan fingerprint density at radius 3 is 2.12 bits per heavy atom. The maximum absolute atomic E-state index is 12.8. The number of anilines is 1. The van der Waals surface area contributed by atoms with Crippen molar-refractivity contribution in [3.05, 3.63) is 24.3 Å². The Bertz CT molecular complexity index is 763. The van der Waals surface area contributed by atoms with Gasteiger partial charge in [-0.2, -0.15) is 4.31 Å². The van der Waals surface area contributed by atoms with Crippen molar-refractivity contribution in [2.75, 3.05) is 23.6 Å². The maximum Gasteiger partial charge on any atom is 0.243 e. The number of unbranched alkanes of at least 4 members (excludes halogenated alkanes) is 1. The average Bonchev–Trinajstić information content (AvgIpc) is 2.52. The molecule has 0 saturated carbocycles. The van der Waals surface area contributed by atoms with Crippen LogP contribution in [0.15, 0.2) is 29.2 Å². The lowest BCUT2D eigenvalue weighted by Gasteiger charge is -2.34. The van der Waals surface area contributed by atoms with Crippen LogP contribution < -0.4 is 4.72 Å². The first-order valence-corrected chi connectivity index (χ1v) is 11.8. The fourth-order valence-electron chi connectivity index (χ4n) is 3.21. The summed E-state index contributed by atoms with van der Waals surface area (Å²) in [4.78, 5) is 0.199. The summed E-state index contributed by atoms with van der Waals surface area (Å²) in [5, 5.41) is 0. The van der Waals surface area contributed by atoms with Crippen molar-refractivity contribution in [1.82, 2.24) is 4.31 Å². The Morgan fingerprint density at radius 2 is 1.60 bits per heavy atom. The highest BCUT2D eigenvalue weighted by molar-refractivity contribution is 7.92. The van der Waals surface area contributed by atoms with Crippen molar-refractivity contribution < 1.29 is 16.8 Å². The molecular weight excluding hydrogens is 360 g/mol. The van der Waals surface area contributed by atoms with Gasteiger partial charge in [-0.25, -0.2) is 16.8 Å². The molecule has 2 rings (SSSR count). The van der Waals surface area contributed by atoms with E-state index in [0.29, 0.717) is 37.0 Å². The summed E-state index contributed by atoms with van der Waals surface area (Å²) < 4.78 is 53.5. The molecule has 6 nitrogen and oxygen atoms in total. The second kappa shape index (κ2) is 8.05. The molecule has 1 fully saturated rings. The maximum atomic E-state index is 12.8. The SMILES string of the molecule is CCCCS(=O)(=O)Nc1ccc(S(=O)(=O)N2C[C@@H](C)C[C@H](C)C2)cc1. The third-order valence-electron chi connectivity index (χ3n) is 4.37. The normalized spacial score (nSPS) is 22.7. The predicted octanol–water partition coefficient (Wildman–Crippen LogP) is 2.90. The molecule has 0 radical (unpaired) electrons. The monoisotopic (exact) mass is 388 g/mol. The highest BCUT2D eigenvalue weighted by atomic mass is 32.2. The first kappa shape index (κ1) is 20.2. The standard InChI is InChI=1S/C17H28N2O4S2/c1-4-5-10-24(20,21)18-16-6-8-17(9-7-16)25(22,23)19-12-14(2)11-15(3)13-19/h6-9,14-15,18H,4-5,10-13H2,1-3H3/t14-,15-/m0/s1. The van der Waals surface area contributed by atoms with Crippen molar-refractivity contribution in [3.8, 4) is 0 Å². The van der Waals surface area contributed by atoms with E-state index in [4.69, 9.17) is 0 Å². The number of hydrogen-bond acceptors (Lipinski definition) is 4. The lowest BCUT2D eigenvalue weighted by molar-refractivity contribution is 0.222. The van der Waals surface area contributed by atoms with Gasteiger partial charge >= 0.3 is 0 Å². The van der Waals surface area contributed by atoms with Crippen LogP contribution in [0.3, 0.4) is 0 Å². The molecule has 1 aromatic rings. The summed E-state index contributed by atoms with van der Waals surface area (Å²) in [7, 11) is -6.94. The first-order chi connectivity index (χ1) is 11.6. The van der Waals surface area contributed by atoms with Gasteiger partial charge in [-0.05, 0) is 48.9 Å². The molecule has 1 saturated heterocycles. The van der Waals surface area contributed by atoms with Gasteiger partial charge in [0, 0.05) is 18.8 Å². The molecule has 8 heteroatoms. The highest BCUT2D eigenvalue weighted by Gasteiger charge is 2.31. The van der Waals surface area contributed by atoms with E-state index in [2.05, 4.69) is 18.6 Å². The van der Waals surface area contributed by atoms with E-state index in [0.717, 1.165) is 12.8 Å². The molecule has 0 unspecified atom stereocenters. The minimum absolute atomic E-state index is 0.0626. The second-order valence-corrected chi connectivity index (χ2v) is 10.8. The summed E-state index contributed by atoms with van der Waals surface area (Å²) in [5.74, 6) is 0.735. The Morgan fingerprint density at radius 1 is 1.04 bits per heavy atom. The van der Waals surface area contributed by atoms with Crippen LogP contribution in [0.4, 0.5) is 5.69 Å². The molecule has 0 amide bonds. The Hall–Kier alpha value is -1.12. The number of nitrogens with one attached hydrogen (secondary N) is 1. The van der Waals surface area contributed by atoms with E-state index >= 15 is 0 Å². The van der Waals surface area contributed by atoms with Gasteiger partial charge in [0.1, 0.15) is 0 Å². The Kier molecular flexibility index (Phi) is 6.51. The highest BCUT2D eigenvalue weighted by Crippen LogP contribution is 2.27. The third-order valence-corrected chi connectivity index (χ3v) is 7.59. The van der Waals surface area contributed by atoms with Crippen LogP contribution in [0.2, 0.25) is 0 Å². The van der Waals surface area contributed by atoms with Gasteiger partial charge in [0.05, 0.1) is 10.6 Å². The zero-order valence-electron chi connectivity index (χ0n) is 15.1. The topological polar surface area (TPSA) is 83.5 Å². The molecule has 1 heterocycles. The van der Waals surface area contributed by atoms with E-state index < -0.39 is 20.0 Å². The molecule has 0 bridgehead atoms. The van der Waals surface area contributed by atoms with Gasteiger partial charge in [-0.15, -0.1) is 0 Å². The molecule has 1 aromatic carbocycles. The van der Waals surface area contributed by atoms with E-state index in [1.807, 2.05) is 6.92 Å². The zero-order valence-corrected chi connectivity index (χ0v) is 16.7. The molecule has 0 aromatic heterocycles. The number of sulfonamides is 2. The number of rotatable bonds is 7. The summed E-state index contributed by atoms with van der Waals surface area (Å²) in [6, 6.07) is 5.95. The van der Waals surface area contributed by atoms with E-state index in [1.54, 1.807) is 0 Å². The van der Waals surface area contributed by atoms with Crippen LogP contribution in [-0.2, 0) is 20.0 Å². The van der Waals surface area contributed by atoms with Gasteiger partial charge in [0.25, 0.3) is 0 Å². The number of nitrogens with zero attached hydrogens (tertiary/aromatic N) is 1. The summed E-state index contributed by atoms with van der Waals surface area (Å²) in [6.07, 6.45) is 2.42. The summed E-state index contributed by atoms with van der Waals surface area (Å²) >= 11 is 0. The lowest BCUT2D eigenvalue weighted by atomic mass is 9.94. The van der Waals surface area contributed by atoms with Crippen molar-refractivity contribution in [1.29, 1.82) is 0 Å². The Balaban J connectivity index is 2.13. The van der Waals surface area contributed by atoms with E-state index in [-0.39, 0.29) is 10.6 Å². The second-order valence-electron chi connectivity index (χ2n) is 7.07. The summed E-state index contributed by atoms with van der Waals surface area (Å²) in [6.45, 7) is 7.10. The zero-order chi connectivity index (χ0) is 18.7. The number of hydrogen-bond donors (Lipinski definition) is 1. The molecule has 142 valence electrons. The number of piperidine rings is 1. The van der Waals surface area contributed by atoms with Crippen LogP contribution in [0.25, 0.3) is 0 Å². The minimum atomic E-state index is -3.55. The van der Waals surface area contributed by atoms with E-state index in [9.17, 15) is 16.8 Å². The summed E-state index contributed by atoms with van der Waals surface area (Å²) in [5.41, 5.74) is 0.385. The van der Waals surface area contributed by atoms with E-state index in [1.165, 1.54) is 28.6 Å². The lowest BCUT2D eigenvalue weighted by Crippen LogP contribution is -2.42. The van der Waals surface area contributed by atoms with Gasteiger partial charge < -0.3 is 0 Å². The fraction of sp³-hybridized carbons (Fsp3) is 0.647. The van der Waals surface area contributed by atoms with Gasteiger partial charge in [-0.3, -0.25) is 4.72 Å². The van der Waals surface area contributed by atoms with Crippen LogP contribution in [0.1, 0.15) is 40.0 Å². The largest absolute Gasteiger partial charge is 0.284 e. The molecule has 25 heavy (non-hydrogen) atoms. The molecule has 0 aliphatic carbocycles. The smallest absolute Gasteiger partial charge is 0.243 e. The molecule has 1 aliphatic rings. The van der Waals surface area contributed by atoms with Crippen LogP contribution >= 0.6 is 0 Å². The van der Waals surface area contributed by atoms with Crippen molar-refractivity contribution in [2.24, 2.45) is 11.8 Å². The third kappa shape index (κ3) is 5.43. The Labute approximate surface area is 151 Å². The van der Waals surface area contributed by atoms with Crippen molar-refractivity contribution in [3.63, 3.8) is 0 Å². The minimum Gasteiger partial charge on any atom is -0.284 e. The van der Waals surface area contributed by atoms with Gasteiger partial charge in [-0.1, -0.05) is 27.2 Å². The van der Waals surface area contributed by atoms with Crippen LogP contribution in [-0.4, -0.2) is 40.0 Å². The molecule has 2 atom stereocenters. The van der Waals surface area contributed by atoms with Crippen molar-refractivity contribution >= 4 is 25.7 Å². The first-order valence-electron chi connectivity index (χ1n) is 8.74. The molecular formula is C17H28N2O4S2. The molecule has 0 spiro atoms.